The Bertz CT molecular complexity index is 1210. The van der Waals surface area contributed by atoms with Crippen LogP contribution in [0.5, 0.6) is 0 Å². The lowest BCUT2D eigenvalue weighted by Gasteiger charge is -2.31. The largest absolute Gasteiger partial charge is 0.480 e. The topological polar surface area (TPSA) is 127 Å². The summed E-state index contributed by atoms with van der Waals surface area (Å²) >= 11 is 1.54. The third-order valence-electron chi connectivity index (χ3n) is 6.91. The molecule has 9 nitrogen and oxygen atoms in total. The summed E-state index contributed by atoms with van der Waals surface area (Å²) in [5, 5.41) is 17.7. The average molecular weight is 554 g/mol. The van der Waals surface area contributed by atoms with Crippen LogP contribution in [0.1, 0.15) is 37.9 Å². The summed E-state index contributed by atoms with van der Waals surface area (Å²) in [6, 6.07) is 13.0. The lowest BCUT2D eigenvalue weighted by atomic mass is 9.97. The van der Waals surface area contributed by atoms with E-state index in [1.165, 1.54) is 0 Å². The van der Waals surface area contributed by atoms with E-state index in [4.69, 9.17) is 0 Å². The highest BCUT2D eigenvalue weighted by molar-refractivity contribution is 7.98. The molecule has 3 unspecified atom stereocenters. The summed E-state index contributed by atoms with van der Waals surface area (Å²) < 4.78 is 0. The van der Waals surface area contributed by atoms with E-state index in [-0.39, 0.29) is 36.7 Å². The van der Waals surface area contributed by atoms with E-state index in [2.05, 4.69) is 52.6 Å². The molecule has 0 radical (unpaired) electrons. The summed E-state index contributed by atoms with van der Waals surface area (Å²) in [5.41, 5.74) is 1.72. The first-order valence-electron chi connectivity index (χ1n) is 13.3. The molecule has 2 aromatic carbocycles. The number of H-pyrrole nitrogens is 1. The van der Waals surface area contributed by atoms with Crippen LogP contribution in [-0.2, 0) is 27.3 Å². The van der Waals surface area contributed by atoms with Crippen molar-refractivity contribution in [2.24, 2.45) is 5.92 Å². The number of fused-ring (bicyclic) bond motifs is 1. The number of carboxylic acid groups (broad SMARTS) is 1. The molecule has 3 rings (SSSR count). The van der Waals surface area contributed by atoms with Gasteiger partial charge in [-0.25, -0.2) is 9.78 Å². The van der Waals surface area contributed by atoms with Crippen molar-refractivity contribution < 1.29 is 19.5 Å². The van der Waals surface area contributed by atoms with Crippen LogP contribution >= 0.6 is 11.8 Å². The smallest absolute Gasteiger partial charge is 0.326 e. The second-order valence-electron chi connectivity index (χ2n) is 9.84. The van der Waals surface area contributed by atoms with E-state index in [1.807, 2.05) is 35.4 Å². The molecule has 4 N–H and O–H groups in total. The molecule has 3 atom stereocenters. The van der Waals surface area contributed by atoms with Crippen LogP contribution < -0.4 is 10.6 Å². The SMILES string of the molecule is CCC(C)C(CN(CC(=O)NC(CCSC)C(=O)O)Cc1cccc2ccccc12)NC(=O)Cc1c[nH]cn1. The molecular weight excluding hydrogens is 514 g/mol. The second kappa shape index (κ2) is 15.3. The lowest BCUT2D eigenvalue weighted by molar-refractivity contribution is -0.142. The van der Waals surface area contributed by atoms with Crippen molar-refractivity contribution in [3.8, 4) is 0 Å². The van der Waals surface area contributed by atoms with Crippen LogP contribution in [-0.4, -0.2) is 74.9 Å². The fraction of sp³-hybridized carbons (Fsp3) is 0.448. The molecule has 39 heavy (non-hydrogen) atoms. The lowest BCUT2D eigenvalue weighted by Crippen LogP contribution is -2.51. The van der Waals surface area contributed by atoms with Gasteiger partial charge in [-0.1, -0.05) is 62.7 Å². The number of thioether (sulfide) groups is 1. The normalized spacial score (nSPS) is 13.6. The monoisotopic (exact) mass is 553 g/mol. The Morgan fingerprint density at radius 1 is 1.10 bits per heavy atom. The average Bonchev–Trinajstić information content (AvgIpc) is 3.43. The van der Waals surface area contributed by atoms with E-state index in [0.29, 0.717) is 31.0 Å². The standard InChI is InChI=1S/C29H39N5O4S/c1-4-20(2)26(33-27(35)14-23-15-30-19-31-23)17-34(18-28(36)32-25(29(37)38)12-13-39-3)16-22-10-7-9-21-8-5-6-11-24(21)22/h5-11,15,19-20,25-26H,4,12-14,16-18H2,1-3H3,(H,30,31)(H,32,36)(H,33,35)(H,37,38). The van der Waals surface area contributed by atoms with Crippen LogP contribution in [0.25, 0.3) is 10.8 Å². The van der Waals surface area contributed by atoms with Crippen LogP contribution in [0.15, 0.2) is 55.0 Å². The maximum atomic E-state index is 13.1. The van der Waals surface area contributed by atoms with E-state index in [0.717, 1.165) is 22.8 Å². The number of amides is 2. The molecule has 0 saturated carbocycles. The van der Waals surface area contributed by atoms with E-state index < -0.39 is 12.0 Å². The van der Waals surface area contributed by atoms with Gasteiger partial charge in [-0.2, -0.15) is 11.8 Å². The zero-order valence-electron chi connectivity index (χ0n) is 22.9. The number of benzene rings is 2. The number of imidazole rings is 1. The fourth-order valence-corrected chi connectivity index (χ4v) is 5.00. The molecule has 1 heterocycles. The Balaban J connectivity index is 1.82. The Labute approximate surface area is 234 Å². The number of carbonyl (C=O) groups is 3. The molecular formula is C29H39N5O4S. The predicted molar refractivity (Wildman–Crippen MR) is 155 cm³/mol. The minimum Gasteiger partial charge on any atom is -0.480 e. The number of aliphatic carboxylic acids is 1. The molecule has 3 aromatic rings. The third kappa shape index (κ3) is 9.40. The molecule has 10 heteroatoms. The van der Waals surface area contributed by atoms with Crippen LogP contribution in [0.3, 0.4) is 0 Å². The van der Waals surface area contributed by atoms with E-state index in [1.54, 1.807) is 24.3 Å². The molecule has 2 amide bonds. The number of nitrogens with one attached hydrogen (secondary N) is 3. The highest BCUT2D eigenvalue weighted by atomic mass is 32.2. The van der Waals surface area contributed by atoms with Gasteiger partial charge >= 0.3 is 5.97 Å². The molecule has 0 bridgehead atoms. The number of nitrogens with zero attached hydrogens (tertiary/aromatic N) is 2. The van der Waals surface area contributed by atoms with Crippen molar-refractivity contribution in [2.75, 3.05) is 25.1 Å². The maximum absolute atomic E-state index is 13.1. The molecule has 0 fully saturated rings. The number of aromatic amines is 1. The van der Waals surface area contributed by atoms with Crippen molar-refractivity contribution >= 4 is 40.3 Å². The highest BCUT2D eigenvalue weighted by Crippen LogP contribution is 2.21. The van der Waals surface area contributed by atoms with Gasteiger partial charge in [0.2, 0.25) is 11.8 Å². The summed E-state index contributed by atoms with van der Waals surface area (Å²) in [6.45, 7) is 5.06. The second-order valence-corrected chi connectivity index (χ2v) is 10.8. The van der Waals surface area contributed by atoms with Gasteiger partial charge in [-0.15, -0.1) is 0 Å². The van der Waals surface area contributed by atoms with Gasteiger partial charge in [0.05, 0.1) is 25.0 Å². The van der Waals surface area contributed by atoms with Crippen molar-refractivity contribution in [2.45, 2.75) is 51.7 Å². The Kier molecular flexibility index (Phi) is 11.8. The number of hydrogen-bond acceptors (Lipinski definition) is 6. The number of carbonyl (C=O) groups excluding carboxylic acids is 2. The zero-order chi connectivity index (χ0) is 28.2. The summed E-state index contributed by atoms with van der Waals surface area (Å²) in [6.07, 6.45) is 6.51. The Morgan fingerprint density at radius 3 is 2.56 bits per heavy atom. The molecule has 0 aliphatic rings. The summed E-state index contributed by atoms with van der Waals surface area (Å²) in [4.78, 5) is 46.7. The van der Waals surface area contributed by atoms with Gasteiger partial charge in [-0.05, 0) is 40.7 Å². The van der Waals surface area contributed by atoms with Crippen molar-refractivity contribution in [3.05, 3.63) is 66.2 Å². The van der Waals surface area contributed by atoms with Crippen LogP contribution in [0.4, 0.5) is 0 Å². The highest BCUT2D eigenvalue weighted by Gasteiger charge is 2.26. The molecule has 0 aliphatic carbocycles. The number of rotatable bonds is 16. The molecule has 0 aliphatic heterocycles. The van der Waals surface area contributed by atoms with Gasteiger partial charge in [0, 0.05) is 25.3 Å². The molecule has 0 saturated heterocycles. The van der Waals surface area contributed by atoms with E-state index >= 15 is 0 Å². The summed E-state index contributed by atoms with van der Waals surface area (Å²) in [5.74, 6) is -0.741. The van der Waals surface area contributed by atoms with Crippen LogP contribution in [0, 0.1) is 5.92 Å². The zero-order valence-corrected chi connectivity index (χ0v) is 23.7. The summed E-state index contributed by atoms with van der Waals surface area (Å²) in [7, 11) is 0. The Hall–Kier alpha value is -3.37. The molecule has 1 aromatic heterocycles. The first kappa shape index (κ1) is 30.2. The van der Waals surface area contributed by atoms with Crippen molar-refractivity contribution in [1.29, 1.82) is 0 Å². The number of hydrogen-bond donors (Lipinski definition) is 4. The van der Waals surface area contributed by atoms with Crippen molar-refractivity contribution in [1.82, 2.24) is 25.5 Å². The number of aromatic nitrogens is 2. The quantitative estimate of drug-likeness (QED) is 0.214. The van der Waals surface area contributed by atoms with Gasteiger partial charge in [0.25, 0.3) is 0 Å². The minimum absolute atomic E-state index is 0.00837. The van der Waals surface area contributed by atoms with Gasteiger partial charge < -0.3 is 20.7 Å². The fourth-order valence-electron chi connectivity index (χ4n) is 4.53. The van der Waals surface area contributed by atoms with Gasteiger partial charge in [-0.3, -0.25) is 14.5 Å². The minimum atomic E-state index is -1.04. The molecule has 0 spiro atoms. The molecule has 210 valence electrons. The number of carboxylic acids is 1. The Morgan fingerprint density at radius 2 is 1.87 bits per heavy atom. The first-order valence-corrected chi connectivity index (χ1v) is 14.7. The van der Waals surface area contributed by atoms with E-state index in [9.17, 15) is 19.5 Å². The van der Waals surface area contributed by atoms with Gasteiger partial charge in [0.1, 0.15) is 6.04 Å². The van der Waals surface area contributed by atoms with Gasteiger partial charge in [0.15, 0.2) is 0 Å². The van der Waals surface area contributed by atoms with Crippen LogP contribution in [0.2, 0.25) is 0 Å². The van der Waals surface area contributed by atoms with Crippen molar-refractivity contribution in [3.63, 3.8) is 0 Å². The third-order valence-corrected chi connectivity index (χ3v) is 7.56. The maximum Gasteiger partial charge on any atom is 0.326 e. The first-order chi connectivity index (χ1) is 18.8. The predicted octanol–water partition coefficient (Wildman–Crippen LogP) is 3.46.